The largest absolute Gasteiger partial charge is 0.478 e. The lowest BCUT2D eigenvalue weighted by Gasteiger charge is -2.17. The Morgan fingerprint density at radius 2 is 1.73 bits per heavy atom. The lowest BCUT2D eigenvalue weighted by atomic mass is 10.1. The number of halogens is 4. The minimum Gasteiger partial charge on any atom is -0.478 e. The molecule has 0 unspecified atom stereocenters. The quantitative estimate of drug-likeness (QED) is 0.137. The molecule has 0 amide bonds. The molecule has 0 radical (unpaired) electrons. The predicted molar refractivity (Wildman–Crippen MR) is 115 cm³/mol. The summed E-state index contributed by atoms with van der Waals surface area (Å²) < 4.78 is 52.2. The zero-order valence-electron chi connectivity index (χ0n) is 17.0. The second-order valence-corrected chi connectivity index (χ2v) is 6.94. The van der Waals surface area contributed by atoms with E-state index in [1.807, 2.05) is 0 Å². The van der Waals surface area contributed by atoms with Crippen molar-refractivity contribution in [3.8, 4) is 0 Å². The number of hydrazone groups is 1. The van der Waals surface area contributed by atoms with Crippen LogP contribution in [0.1, 0.15) is 27.0 Å². The second kappa shape index (κ2) is 9.57. The molecule has 0 spiro atoms. The van der Waals surface area contributed by atoms with Gasteiger partial charge in [0.2, 0.25) is 0 Å². The van der Waals surface area contributed by atoms with Gasteiger partial charge in [-0.2, -0.15) is 13.2 Å². The SMILES string of the molecule is N/C(=N\N(N)Cc1ccccc1F)c1cc(C(=O)O)ccc1Nc1ccc(C(F)(F)F)cc1. The molecule has 0 aliphatic rings. The van der Waals surface area contributed by atoms with Crippen molar-refractivity contribution in [1.82, 2.24) is 5.12 Å². The molecule has 3 rings (SSSR count). The van der Waals surface area contributed by atoms with E-state index in [2.05, 4.69) is 10.4 Å². The van der Waals surface area contributed by atoms with Crippen LogP contribution >= 0.6 is 0 Å². The van der Waals surface area contributed by atoms with Crippen molar-refractivity contribution in [2.45, 2.75) is 12.7 Å². The van der Waals surface area contributed by atoms with Crippen molar-refractivity contribution in [3.63, 3.8) is 0 Å². The Kier molecular flexibility index (Phi) is 6.83. The summed E-state index contributed by atoms with van der Waals surface area (Å²) in [4.78, 5) is 11.4. The van der Waals surface area contributed by atoms with Gasteiger partial charge in [0.15, 0.2) is 5.84 Å². The average Bonchev–Trinajstić information content (AvgIpc) is 2.75. The van der Waals surface area contributed by atoms with Gasteiger partial charge in [-0.1, -0.05) is 18.2 Å². The highest BCUT2D eigenvalue weighted by Crippen LogP contribution is 2.31. The number of rotatable bonds is 7. The number of amidine groups is 1. The minimum absolute atomic E-state index is 0.0983. The van der Waals surface area contributed by atoms with E-state index in [9.17, 15) is 27.5 Å². The third kappa shape index (κ3) is 5.98. The minimum atomic E-state index is -4.48. The molecule has 0 aliphatic carbocycles. The van der Waals surface area contributed by atoms with Gasteiger partial charge >= 0.3 is 12.1 Å². The van der Waals surface area contributed by atoms with Gasteiger partial charge in [-0.3, -0.25) is 0 Å². The molecule has 3 aromatic rings. The number of carboxylic acids is 1. The fourth-order valence-corrected chi connectivity index (χ4v) is 2.93. The number of hydrazine groups is 1. The molecule has 11 heteroatoms. The second-order valence-electron chi connectivity index (χ2n) is 6.94. The van der Waals surface area contributed by atoms with Gasteiger partial charge < -0.3 is 16.2 Å². The lowest BCUT2D eigenvalue weighted by molar-refractivity contribution is -0.137. The topological polar surface area (TPSA) is 117 Å². The van der Waals surface area contributed by atoms with E-state index in [0.717, 1.165) is 17.3 Å². The molecule has 7 nitrogen and oxygen atoms in total. The predicted octanol–water partition coefficient (Wildman–Crippen LogP) is 4.28. The number of carboxylic acid groups (broad SMARTS) is 1. The van der Waals surface area contributed by atoms with Gasteiger partial charge in [0, 0.05) is 22.5 Å². The molecular formula is C22H19F4N5O2. The maximum Gasteiger partial charge on any atom is 0.416 e. The van der Waals surface area contributed by atoms with Gasteiger partial charge in [0.25, 0.3) is 0 Å². The Bertz CT molecular complexity index is 1180. The Labute approximate surface area is 185 Å². The van der Waals surface area contributed by atoms with Gasteiger partial charge in [0.1, 0.15) is 5.82 Å². The van der Waals surface area contributed by atoms with Crippen molar-refractivity contribution in [1.29, 1.82) is 0 Å². The number of hydrogen-bond acceptors (Lipinski definition) is 5. The number of carbonyl (C=O) groups is 1. The third-order valence-electron chi connectivity index (χ3n) is 4.56. The first kappa shape index (κ1) is 23.5. The van der Waals surface area contributed by atoms with E-state index in [1.165, 1.54) is 48.5 Å². The standard InChI is InChI=1S/C22H19F4N5O2/c23-18-4-2-1-3-14(18)12-31(28)30-20(27)17-11-13(21(32)33)5-10-19(17)29-16-8-6-15(7-9-16)22(24,25)26/h1-11,29H,12,28H2,(H2,27,30)(H,32,33). The highest BCUT2D eigenvalue weighted by Gasteiger charge is 2.30. The molecule has 0 heterocycles. The summed E-state index contributed by atoms with van der Waals surface area (Å²) in [5, 5.41) is 17.1. The van der Waals surface area contributed by atoms with Crippen LogP contribution in [0.3, 0.4) is 0 Å². The first-order valence-electron chi connectivity index (χ1n) is 9.46. The zero-order chi connectivity index (χ0) is 24.2. The van der Waals surface area contributed by atoms with E-state index in [-0.39, 0.29) is 34.8 Å². The molecule has 3 aromatic carbocycles. The monoisotopic (exact) mass is 461 g/mol. The van der Waals surface area contributed by atoms with Gasteiger partial charge in [-0.15, -0.1) is 5.10 Å². The van der Waals surface area contributed by atoms with Crippen LogP contribution in [0.15, 0.2) is 71.8 Å². The summed E-state index contributed by atoms with van der Waals surface area (Å²) in [6.45, 7) is -0.117. The highest BCUT2D eigenvalue weighted by molar-refractivity contribution is 6.05. The number of anilines is 2. The fourth-order valence-electron chi connectivity index (χ4n) is 2.93. The first-order valence-corrected chi connectivity index (χ1v) is 9.46. The van der Waals surface area contributed by atoms with Crippen LogP contribution in [-0.2, 0) is 12.7 Å². The molecular weight excluding hydrogens is 442 g/mol. The normalized spacial score (nSPS) is 11.8. The van der Waals surface area contributed by atoms with Crippen molar-refractivity contribution in [2.24, 2.45) is 16.7 Å². The van der Waals surface area contributed by atoms with Crippen LogP contribution in [0.25, 0.3) is 0 Å². The summed E-state index contributed by atoms with van der Waals surface area (Å²) >= 11 is 0. The highest BCUT2D eigenvalue weighted by atomic mass is 19.4. The lowest BCUT2D eigenvalue weighted by Crippen LogP contribution is -2.30. The molecule has 0 fully saturated rings. The number of alkyl halides is 3. The Hall–Kier alpha value is -4.12. The Morgan fingerprint density at radius 3 is 2.33 bits per heavy atom. The van der Waals surface area contributed by atoms with Crippen LogP contribution in [0.5, 0.6) is 0 Å². The van der Waals surface area contributed by atoms with Crippen LogP contribution in [0.2, 0.25) is 0 Å². The zero-order valence-corrected chi connectivity index (χ0v) is 17.0. The van der Waals surface area contributed by atoms with Gasteiger partial charge in [-0.25, -0.2) is 20.1 Å². The summed E-state index contributed by atoms with van der Waals surface area (Å²) in [7, 11) is 0. The number of nitrogens with two attached hydrogens (primary N) is 2. The maximum absolute atomic E-state index is 13.9. The molecule has 0 saturated carbocycles. The number of benzene rings is 3. The number of aromatic carboxylic acids is 1. The molecule has 6 N–H and O–H groups in total. The van der Waals surface area contributed by atoms with E-state index in [0.29, 0.717) is 5.69 Å². The van der Waals surface area contributed by atoms with Crippen LogP contribution < -0.4 is 16.9 Å². The summed E-state index contributed by atoms with van der Waals surface area (Å²) in [6.07, 6.45) is -4.48. The molecule has 0 bridgehead atoms. The molecule has 172 valence electrons. The van der Waals surface area contributed by atoms with Crippen LogP contribution in [0.4, 0.5) is 28.9 Å². The molecule has 0 aliphatic heterocycles. The van der Waals surface area contributed by atoms with Crippen molar-refractivity contribution in [3.05, 3.63) is 94.8 Å². The van der Waals surface area contributed by atoms with Crippen LogP contribution in [0, 0.1) is 5.82 Å². The Morgan fingerprint density at radius 1 is 1.06 bits per heavy atom. The van der Waals surface area contributed by atoms with E-state index < -0.39 is 23.5 Å². The number of nitrogens with one attached hydrogen (secondary N) is 1. The van der Waals surface area contributed by atoms with E-state index >= 15 is 0 Å². The molecule has 33 heavy (non-hydrogen) atoms. The van der Waals surface area contributed by atoms with Crippen molar-refractivity contribution in [2.75, 3.05) is 5.32 Å². The summed E-state index contributed by atoms with van der Waals surface area (Å²) in [5.74, 6) is 3.93. The molecule has 0 aromatic heterocycles. The summed E-state index contributed by atoms with van der Waals surface area (Å²) in [5.41, 5.74) is 6.11. The van der Waals surface area contributed by atoms with Crippen molar-refractivity contribution >= 4 is 23.2 Å². The number of nitrogens with zero attached hydrogens (tertiary/aromatic N) is 2. The van der Waals surface area contributed by atoms with Gasteiger partial charge in [-0.05, 0) is 48.5 Å². The van der Waals surface area contributed by atoms with Crippen molar-refractivity contribution < 1.29 is 27.5 Å². The maximum atomic E-state index is 13.9. The van der Waals surface area contributed by atoms with E-state index in [4.69, 9.17) is 11.6 Å². The fraction of sp³-hybridized carbons (Fsp3) is 0.0909. The third-order valence-corrected chi connectivity index (χ3v) is 4.56. The van der Waals surface area contributed by atoms with Gasteiger partial charge in [0.05, 0.1) is 17.7 Å². The summed E-state index contributed by atoms with van der Waals surface area (Å²) in [6, 6.07) is 14.1. The average molecular weight is 461 g/mol. The molecule has 0 atom stereocenters. The van der Waals surface area contributed by atoms with Crippen LogP contribution in [-0.4, -0.2) is 22.0 Å². The van der Waals surface area contributed by atoms with E-state index in [1.54, 1.807) is 6.07 Å². The molecule has 0 saturated heterocycles. The first-order chi connectivity index (χ1) is 15.5. The number of hydrogen-bond donors (Lipinski definition) is 4. The smallest absolute Gasteiger partial charge is 0.416 e. The Balaban J connectivity index is 1.90.